The number of morpholine rings is 1. The monoisotopic (exact) mass is 215 g/mol. The molecule has 0 aliphatic carbocycles. The summed E-state index contributed by atoms with van der Waals surface area (Å²) in [6.45, 7) is 8.11. The minimum Gasteiger partial charge on any atom is -0.379 e. The van der Waals surface area contributed by atoms with E-state index in [0.717, 1.165) is 13.2 Å². The zero-order valence-corrected chi connectivity index (χ0v) is 9.97. The fourth-order valence-electron chi connectivity index (χ4n) is 2.55. The highest BCUT2D eigenvalue weighted by Crippen LogP contribution is 2.30. The molecule has 88 valence electrons. The van der Waals surface area contributed by atoms with Crippen LogP contribution in [0.2, 0.25) is 0 Å². The Morgan fingerprint density at radius 1 is 1.40 bits per heavy atom. The third kappa shape index (κ3) is 1.91. The molecule has 0 radical (unpaired) electrons. The van der Waals surface area contributed by atoms with Crippen molar-refractivity contribution in [3.05, 3.63) is 0 Å². The Bertz CT molecular complexity index is 224. The molecule has 2 aliphatic heterocycles. The fraction of sp³-hybridized carbons (Fsp3) is 1.00. The van der Waals surface area contributed by atoms with Crippen LogP contribution in [0.4, 0.5) is 0 Å². The standard InChI is InChI=1S/C11H21NO3/c1-7-10(8(2)13-4)15-11-9(3)14-6-5-12(7)11/h7-11H,5-6H2,1-4H3/t7-,8-,9+,10-,11+/m1/s1. The average Bonchev–Trinajstić information content (AvgIpc) is 2.57. The van der Waals surface area contributed by atoms with E-state index < -0.39 is 0 Å². The number of fused-ring (bicyclic) bond motifs is 1. The number of hydrogen-bond acceptors (Lipinski definition) is 4. The maximum absolute atomic E-state index is 6.02. The molecule has 2 fully saturated rings. The first-order valence-electron chi connectivity index (χ1n) is 5.70. The summed E-state index contributed by atoms with van der Waals surface area (Å²) < 4.78 is 17.0. The summed E-state index contributed by atoms with van der Waals surface area (Å²) in [5.41, 5.74) is 0. The Morgan fingerprint density at radius 2 is 2.13 bits per heavy atom. The third-order valence-electron chi connectivity index (χ3n) is 3.59. The van der Waals surface area contributed by atoms with Gasteiger partial charge in [-0.15, -0.1) is 0 Å². The van der Waals surface area contributed by atoms with Crippen molar-refractivity contribution in [2.24, 2.45) is 0 Å². The molecule has 4 heteroatoms. The second-order valence-electron chi connectivity index (χ2n) is 4.49. The van der Waals surface area contributed by atoms with E-state index in [9.17, 15) is 0 Å². The average molecular weight is 215 g/mol. The summed E-state index contributed by atoms with van der Waals surface area (Å²) in [6, 6.07) is 0.413. The Morgan fingerprint density at radius 3 is 2.73 bits per heavy atom. The molecular formula is C11H21NO3. The van der Waals surface area contributed by atoms with Crippen LogP contribution < -0.4 is 0 Å². The van der Waals surface area contributed by atoms with Gasteiger partial charge < -0.3 is 14.2 Å². The molecule has 0 unspecified atom stereocenters. The largest absolute Gasteiger partial charge is 0.379 e. The zero-order chi connectivity index (χ0) is 11.0. The van der Waals surface area contributed by atoms with E-state index in [1.165, 1.54) is 0 Å². The Balaban J connectivity index is 2.07. The van der Waals surface area contributed by atoms with Gasteiger partial charge in [-0.25, -0.2) is 0 Å². The van der Waals surface area contributed by atoms with Crippen LogP contribution in [0.1, 0.15) is 20.8 Å². The van der Waals surface area contributed by atoms with Crippen molar-refractivity contribution in [3.63, 3.8) is 0 Å². The molecule has 0 N–H and O–H groups in total. The Hall–Kier alpha value is -0.160. The van der Waals surface area contributed by atoms with Gasteiger partial charge in [0, 0.05) is 19.7 Å². The van der Waals surface area contributed by atoms with Gasteiger partial charge in [0.2, 0.25) is 0 Å². The molecule has 0 saturated carbocycles. The molecule has 0 spiro atoms. The van der Waals surface area contributed by atoms with Crippen molar-refractivity contribution in [2.75, 3.05) is 20.3 Å². The lowest BCUT2D eigenvalue weighted by molar-refractivity contribution is -0.148. The molecule has 2 aliphatic rings. The minimum atomic E-state index is 0.108. The molecule has 2 heterocycles. The van der Waals surface area contributed by atoms with Gasteiger partial charge in [0.1, 0.15) is 12.3 Å². The molecule has 15 heavy (non-hydrogen) atoms. The maximum Gasteiger partial charge on any atom is 0.137 e. The highest BCUT2D eigenvalue weighted by Gasteiger charge is 2.46. The van der Waals surface area contributed by atoms with Crippen LogP contribution >= 0.6 is 0 Å². The summed E-state index contributed by atoms with van der Waals surface area (Å²) in [5.74, 6) is 0. The molecule has 4 nitrogen and oxygen atoms in total. The van der Waals surface area contributed by atoms with E-state index in [0.29, 0.717) is 6.04 Å². The van der Waals surface area contributed by atoms with Gasteiger partial charge in [-0.1, -0.05) is 0 Å². The van der Waals surface area contributed by atoms with E-state index in [1.54, 1.807) is 7.11 Å². The molecule has 0 aromatic heterocycles. The van der Waals surface area contributed by atoms with Crippen LogP contribution in [0.5, 0.6) is 0 Å². The number of methoxy groups -OCH3 is 1. The molecular weight excluding hydrogens is 194 g/mol. The van der Waals surface area contributed by atoms with Gasteiger partial charge >= 0.3 is 0 Å². The Kier molecular flexibility index (Phi) is 3.30. The maximum atomic E-state index is 6.02. The summed E-state index contributed by atoms with van der Waals surface area (Å²) in [6.07, 6.45) is 0.563. The molecule has 2 saturated heterocycles. The predicted molar refractivity (Wildman–Crippen MR) is 56.7 cm³/mol. The molecule has 0 amide bonds. The number of hydrogen-bond donors (Lipinski definition) is 0. The summed E-state index contributed by atoms with van der Waals surface area (Å²) in [5, 5.41) is 0. The number of rotatable bonds is 2. The SMILES string of the molecule is CO[C@H](C)[C@@H]1O[C@H]2[C@H](C)OCCN2[C@@H]1C. The lowest BCUT2D eigenvalue weighted by atomic mass is 10.1. The molecule has 5 atom stereocenters. The van der Waals surface area contributed by atoms with Crippen LogP contribution in [-0.4, -0.2) is 55.7 Å². The first-order chi connectivity index (χ1) is 7.15. The van der Waals surface area contributed by atoms with Crippen LogP contribution in [0, 0.1) is 0 Å². The topological polar surface area (TPSA) is 30.9 Å². The molecule has 0 aromatic carbocycles. The number of ether oxygens (including phenoxy) is 3. The first-order valence-corrected chi connectivity index (χ1v) is 5.70. The molecule has 0 bridgehead atoms. The van der Waals surface area contributed by atoms with Gasteiger partial charge in [0.05, 0.1) is 18.8 Å². The van der Waals surface area contributed by atoms with Crippen LogP contribution in [0.25, 0.3) is 0 Å². The highest BCUT2D eigenvalue weighted by molar-refractivity contribution is 4.92. The lowest BCUT2D eigenvalue weighted by Crippen LogP contribution is -2.49. The lowest BCUT2D eigenvalue weighted by Gasteiger charge is -2.35. The van der Waals surface area contributed by atoms with E-state index in [-0.39, 0.29) is 24.5 Å². The van der Waals surface area contributed by atoms with Crippen LogP contribution in [0.15, 0.2) is 0 Å². The normalized spacial score (nSPS) is 44.0. The van der Waals surface area contributed by atoms with Crippen LogP contribution in [-0.2, 0) is 14.2 Å². The quantitative estimate of drug-likeness (QED) is 0.683. The predicted octanol–water partition coefficient (Wildman–Crippen LogP) is 0.855. The van der Waals surface area contributed by atoms with Crippen molar-refractivity contribution >= 4 is 0 Å². The second-order valence-corrected chi connectivity index (χ2v) is 4.49. The smallest absolute Gasteiger partial charge is 0.137 e. The fourth-order valence-corrected chi connectivity index (χ4v) is 2.55. The highest BCUT2D eigenvalue weighted by atomic mass is 16.6. The van der Waals surface area contributed by atoms with Crippen molar-refractivity contribution in [3.8, 4) is 0 Å². The second kappa shape index (κ2) is 4.37. The third-order valence-corrected chi connectivity index (χ3v) is 3.59. The van der Waals surface area contributed by atoms with E-state index in [1.807, 2.05) is 0 Å². The minimum absolute atomic E-state index is 0.108. The van der Waals surface area contributed by atoms with Crippen molar-refractivity contribution in [1.29, 1.82) is 0 Å². The van der Waals surface area contributed by atoms with Gasteiger partial charge in [-0.05, 0) is 20.8 Å². The first kappa shape index (κ1) is 11.3. The zero-order valence-electron chi connectivity index (χ0n) is 9.97. The van der Waals surface area contributed by atoms with Gasteiger partial charge in [0.15, 0.2) is 0 Å². The van der Waals surface area contributed by atoms with E-state index in [4.69, 9.17) is 14.2 Å². The molecule has 0 aromatic rings. The van der Waals surface area contributed by atoms with Gasteiger partial charge in [-0.3, -0.25) is 4.90 Å². The van der Waals surface area contributed by atoms with Crippen molar-refractivity contribution < 1.29 is 14.2 Å². The van der Waals surface area contributed by atoms with Crippen LogP contribution in [0.3, 0.4) is 0 Å². The summed E-state index contributed by atoms with van der Waals surface area (Å²) >= 11 is 0. The number of nitrogens with zero attached hydrogens (tertiary/aromatic N) is 1. The van der Waals surface area contributed by atoms with Gasteiger partial charge in [-0.2, -0.15) is 0 Å². The van der Waals surface area contributed by atoms with Gasteiger partial charge in [0.25, 0.3) is 0 Å². The summed E-state index contributed by atoms with van der Waals surface area (Å²) in [4.78, 5) is 2.38. The van der Waals surface area contributed by atoms with E-state index in [2.05, 4.69) is 25.7 Å². The Labute approximate surface area is 91.5 Å². The summed E-state index contributed by atoms with van der Waals surface area (Å²) in [7, 11) is 1.73. The van der Waals surface area contributed by atoms with E-state index >= 15 is 0 Å². The van der Waals surface area contributed by atoms with Crippen molar-refractivity contribution in [2.45, 2.75) is 51.4 Å². The van der Waals surface area contributed by atoms with Crippen molar-refractivity contribution in [1.82, 2.24) is 4.90 Å². The molecule has 2 rings (SSSR count).